The monoisotopic (exact) mass is 272 g/mol. The van der Waals surface area contributed by atoms with Gasteiger partial charge in [-0.05, 0) is 36.3 Å². The van der Waals surface area contributed by atoms with Crippen LogP contribution in [0, 0.1) is 11.2 Å². The molecule has 0 N–H and O–H groups in total. The summed E-state index contributed by atoms with van der Waals surface area (Å²) in [6, 6.07) is 5.26. The molecule has 0 saturated carbocycles. The number of hydrogen-bond acceptors (Lipinski definition) is 1. The van der Waals surface area contributed by atoms with Gasteiger partial charge in [-0.3, -0.25) is 0 Å². The smallest absolute Gasteiger partial charge is 0.168 e. The molecule has 1 nitrogen and oxygen atoms in total. The number of aryl methyl sites for hydroxylation is 1. The number of benzene rings is 1. The fourth-order valence-corrected chi connectivity index (χ4v) is 1.97. The second-order valence-electron chi connectivity index (χ2n) is 5.66. The van der Waals surface area contributed by atoms with Crippen LogP contribution in [-0.2, 0) is 6.42 Å². The molecule has 0 heterocycles. The number of hydrogen-bond donors (Lipinski definition) is 0. The van der Waals surface area contributed by atoms with Crippen LogP contribution in [0.4, 0.5) is 4.39 Å². The lowest BCUT2D eigenvalue weighted by Gasteiger charge is -2.25. The normalized spacial score (nSPS) is 13.4. The fraction of sp³-hybridized carbons (Fsp3) is 0.600. The van der Waals surface area contributed by atoms with Gasteiger partial charge >= 0.3 is 0 Å². The van der Waals surface area contributed by atoms with Gasteiger partial charge in [0, 0.05) is 5.38 Å². The molecule has 18 heavy (non-hydrogen) atoms. The molecule has 0 aliphatic rings. The van der Waals surface area contributed by atoms with E-state index in [0.717, 1.165) is 12.8 Å². The molecule has 0 fully saturated rings. The molecule has 102 valence electrons. The van der Waals surface area contributed by atoms with Crippen molar-refractivity contribution in [1.29, 1.82) is 0 Å². The maximum atomic E-state index is 13.9. The molecule has 1 aromatic rings. The highest BCUT2D eigenvalue weighted by atomic mass is 35.5. The summed E-state index contributed by atoms with van der Waals surface area (Å²) in [6.07, 6.45) is 2.47. The van der Waals surface area contributed by atoms with Crippen LogP contribution in [-0.4, -0.2) is 12.5 Å². The van der Waals surface area contributed by atoms with E-state index in [1.165, 1.54) is 7.11 Å². The predicted octanol–water partition coefficient (Wildman–Crippen LogP) is 4.81. The number of alkyl halides is 1. The van der Waals surface area contributed by atoms with Crippen LogP contribution in [0.3, 0.4) is 0 Å². The number of methoxy groups -OCH3 is 1. The first-order valence-corrected chi connectivity index (χ1v) is 6.75. The summed E-state index contributed by atoms with van der Waals surface area (Å²) in [5, 5.41) is 0.117. The van der Waals surface area contributed by atoms with Gasteiger partial charge in [-0.2, -0.15) is 0 Å². The van der Waals surface area contributed by atoms with Crippen LogP contribution < -0.4 is 4.74 Å². The number of ether oxygens (including phenoxy) is 1. The van der Waals surface area contributed by atoms with Crippen LogP contribution >= 0.6 is 11.6 Å². The third-order valence-corrected chi connectivity index (χ3v) is 3.98. The van der Waals surface area contributed by atoms with Gasteiger partial charge in [0.2, 0.25) is 0 Å². The third kappa shape index (κ3) is 4.16. The molecule has 0 bridgehead atoms. The van der Waals surface area contributed by atoms with Crippen molar-refractivity contribution in [3.63, 3.8) is 0 Å². The van der Waals surface area contributed by atoms with Crippen molar-refractivity contribution >= 4 is 11.6 Å². The summed E-state index contributed by atoms with van der Waals surface area (Å²) in [5.74, 6) is 0.0626. The lowest BCUT2D eigenvalue weighted by Crippen LogP contribution is -2.20. The first kappa shape index (κ1) is 15.3. The number of rotatable bonds is 5. The Hall–Kier alpha value is -0.760. The van der Waals surface area contributed by atoms with Gasteiger partial charge in [-0.15, -0.1) is 11.6 Å². The summed E-state index contributed by atoms with van der Waals surface area (Å²) in [6.45, 7) is 6.37. The van der Waals surface area contributed by atoms with Gasteiger partial charge in [0.25, 0.3) is 0 Å². The molecule has 1 aromatic carbocycles. The lowest BCUT2D eigenvalue weighted by molar-refractivity contribution is 0.366. The van der Waals surface area contributed by atoms with Crippen molar-refractivity contribution in [3.8, 4) is 5.75 Å². The van der Waals surface area contributed by atoms with Crippen molar-refractivity contribution in [2.24, 2.45) is 5.41 Å². The Morgan fingerprint density at radius 1 is 1.33 bits per heavy atom. The first-order chi connectivity index (χ1) is 8.36. The second-order valence-corrected chi connectivity index (χ2v) is 6.19. The summed E-state index contributed by atoms with van der Waals surface area (Å²) < 4.78 is 18.8. The molecule has 0 aliphatic carbocycles. The van der Waals surface area contributed by atoms with Crippen LogP contribution in [0.2, 0.25) is 0 Å². The van der Waals surface area contributed by atoms with Gasteiger partial charge in [0.15, 0.2) is 11.6 Å². The predicted molar refractivity (Wildman–Crippen MR) is 75.0 cm³/mol. The average Bonchev–Trinajstić information content (AvgIpc) is 2.30. The molecule has 1 atom stereocenters. The van der Waals surface area contributed by atoms with Crippen LogP contribution in [0.1, 0.15) is 39.2 Å². The molecule has 0 spiro atoms. The van der Waals surface area contributed by atoms with E-state index in [1.807, 2.05) is 6.07 Å². The Morgan fingerprint density at radius 3 is 2.56 bits per heavy atom. The van der Waals surface area contributed by atoms with E-state index in [0.29, 0.717) is 17.7 Å². The molecular formula is C15H22ClFO. The highest BCUT2D eigenvalue weighted by molar-refractivity contribution is 6.21. The Balaban J connectivity index is 2.55. The van der Waals surface area contributed by atoms with Gasteiger partial charge in [0.05, 0.1) is 7.11 Å². The van der Waals surface area contributed by atoms with Crippen LogP contribution in [0.15, 0.2) is 18.2 Å². The summed E-state index contributed by atoms with van der Waals surface area (Å²) in [7, 11) is 1.48. The molecule has 0 radical (unpaired) electrons. The third-order valence-electron chi connectivity index (χ3n) is 3.11. The highest BCUT2D eigenvalue weighted by Crippen LogP contribution is 2.29. The van der Waals surface area contributed by atoms with Gasteiger partial charge in [-0.1, -0.05) is 32.9 Å². The average molecular weight is 273 g/mol. The minimum atomic E-state index is -0.248. The zero-order valence-corrected chi connectivity index (χ0v) is 12.4. The van der Waals surface area contributed by atoms with Gasteiger partial charge in [-0.25, -0.2) is 4.39 Å². The molecule has 0 amide bonds. The maximum Gasteiger partial charge on any atom is 0.168 e. The molecule has 1 rings (SSSR count). The molecule has 0 saturated heterocycles. The Bertz CT molecular complexity index is 385. The van der Waals surface area contributed by atoms with Crippen LogP contribution in [0.25, 0.3) is 0 Å². The summed E-state index contributed by atoms with van der Waals surface area (Å²) >= 11 is 6.30. The summed E-state index contributed by atoms with van der Waals surface area (Å²) in [5.41, 5.74) is 0.793. The molecular weight excluding hydrogens is 251 g/mol. The molecule has 0 aromatic heterocycles. The van der Waals surface area contributed by atoms with Crippen molar-refractivity contribution in [1.82, 2.24) is 0 Å². The lowest BCUT2D eigenvalue weighted by atomic mass is 9.88. The maximum absolute atomic E-state index is 13.9. The first-order valence-electron chi connectivity index (χ1n) is 6.31. The van der Waals surface area contributed by atoms with E-state index in [2.05, 4.69) is 20.8 Å². The Kier molecular flexibility index (Phi) is 5.46. The van der Waals surface area contributed by atoms with Crippen molar-refractivity contribution < 1.29 is 9.13 Å². The second kappa shape index (κ2) is 6.42. The minimum Gasteiger partial charge on any atom is -0.494 e. The topological polar surface area (TPSA) is 9.23 Å². The van der Waals surface area contributed by atoms with E-state index in [4.69, 9.17) is 16.3 Å². The standard InChI is InChI=1S/C15H22ClFO/c1-15(2,3)13(16)10-6-8-11-7-5-9-12(18-4)14(11)17/h5,7,9,13H,6,8,10H2,1-4H3. The van der Waals surface area contributed by atoms with E-state index in [-0.39, 0.29) is 16.6 Å². The van der Waals surface area contributed by atoms with E-state index < -0.39 is 0 Å². The summed E-state index contributed by atoms with van der Waals surface area (Å²) in [4.78, 5) is 0. The molecule has 1 unspecified atom stereocenters. The Labute approximate surface area is 114 Å². The zero-order chi connectivity index (χ0) is 13.8. The minimum absolute atomic E-state index is 0.0917. The molecule has 0 aliphatic heterocycles. The fourth-order valence-electron chi connectivity index (χ4n) is 1.81. The Morgan fingerprint density at radius 2 is 2.00 bits per heavy atom. The van der Waals surface area contributed by atoms with Gasteiger partial charge < -0.3 is 4.74 Å². The van der Waals surface area contributed by atoms with E-state index in [9.17, 15) is 4.39 Å². The highest BCUT2D eigenvalue weighted by Gasteiger charge is 2.21. The number of halogens is 2. The largest absolute Gasteiger partial charge is 0.494 e. The van der Waals surface area contributed by atoms with Crippen molar-refractivity contribution in [2.45, 2.75) is 45.4 Å². The molecule has 3 heteroatoms. The zero-order valence-electron chi connectivity index (χ0n) is 11.6. The van der Waals surface area contributed by atoms with E-state index >= 15 is 0 Å². The van der Waals surface area contributed by atoms with Crippen molar-refractivity contribution in [3.05, 3.63) is 29.6 Å². The van der Waals surface area contributed by atoms with Crippen molar-refractivity contribution in [2.75, 3.05) is 7.11 Å². The SMILES string of the molecule is COc1cccc(CCCC(Cl)C(C)(C)C)c1F. The quantitative estimate of drug-likeness (QED) is 0.699. The van der Waals surface area contributed by atoms with Crippen LogP contribution in [0.5, 0.6) is 5.75 Å². The van der Waals surface area contributed by atoms with Gasteiger partial charge in [0.1, 0.15) is 0 Å². The van der Waals surface area contributed by atoms with E-state index in [1.54, 1.807) is 12.1 Å².